The third-order valence-electron chi connectivity index (χ3n) is 9.12. The molecule has 4 unspecified atom stereocenters. The van der Waals surface area contributed by atoms with Crippen molar-refractivity contribution in [2.75, 3.05) is 32.8 Å². The molecule has 3 aromatic carbocycles. The van der Waals surface area contributed by atoms with Gasteiger partial charge in [0.1, 0.15) is 0 Å². The molecule has 0 saturated carbocycles. The smallest absolute Gasteiger partial charge is 0.272 e. The number of hydrogen-bond acceptors (Lipinski definition) is 7. The molecule has 1 amide bonds. The number of benzene rings is 3. The number of halogens is 3. The van der Waals surface area contributed by atoms with Crippen LogP contribution in [0.15, 0.2) is 72.8 Å². The van der Waals surface area contributed by atoms with Crippen LogP contribution in [-0.4, -0.2) is 64.4 Å². The Kier molecular flexibility index (Phi) is 10.6. The Labute approximate surface area is 284 Å². The highest BCUT2D eigenvalue weighted by Gasteiger charge is 2.43. The molecule has 1 spiro atoms. The first kappa shape index (κ1) is 33.7. The van der Waals surface area contributed by atoms with Crippen molar-refractivity contribution < 1.29 is 28.8 Å². The van der Waals surface area contributed by atoms with Gasteiger partial charge >= 0.3 is 0 Å². The van der Waals surface area contributed by atoms with E-state index in [0.29, 0.717) is 13.2 Å². The van der Waals surface area contributed by atoms with Gasteiger partial charge in [-0.05, 0) is 39.9 Å². The standard InChI is InChI=1S/C35H39Cl3N2O6/c1-23-30(21-40-14-12-34(13-15-40)43-16-17-44-34)45-32(46-31(23)26-10-8-24(22-41)9-11-26)29-7-3-6-28(19-29)27-5-2-4-25(18-27)20-39-33(42)35(36,37)38/h2-11,18-19,23,30-32,41H,12-17,20-22H2,1H3,(H,39,42). The van der Waals surface area contributed by atoms with Crippen LogP contribution in [-0.2, 0) is 36.9 Å². The lowest BCUT2D eigenvalue weighted by atomic mass is 9.89. The minimum absolute atomic E-state index is 0.00708. The summed E-state index contributed by atoms with van der Waals surface area (Å²) >= 11 is 17.1. The van der Waals surface area contributed by atoms with Gasteiger partial charge in [0.05, 0.1) is 32.0 Å². The van der Waals surface area contributed by atoms with E-state index >= 15 is 0 Å². The number of likely N-dealkylation sites (tertiary alicyclic amines) is 1. The van der Waals surface area contributed by atoms with Crippen LogP contribution in [0.2, 0.25) is 0 Å². The number of rotatable bonds is 8. The van der Waals surface area contributed by atoms with Crippen molar-refractivity contribution in [3.63, 3.8) is 0 Å². The van der Waals surface area contributed by atoms with Gasteiger partial charge < -0.3 is 34.3 Å². The van der Waals surface area contributed by atoms with Gasteiger partial charge in [0.15, 0.2) is 12.1 Å². The molecule has 0 radical (unpaired) electrons. The van der Waals surface area contributed by atoms with Crippen LogP contribution in [0.4, 0.5) is 0 Å². The van der Waals surface area contributed by atoms with Crippen molar-refractivity contribution in [3.8, 4) is 11.1 Å². The summed E-state index contributed by atoms with van der Waals surface area (Å²) in [4.78, 5) is 14.5. The molecule has 2 N–H and O–H groups in total. The Morgan fingerprint density at radius 2 is 1.59 bits per heavy atom. The number of amides is 1. The van der Waals surface area contributed by atoms with Gasteiger partial charge in [-0.1, -0.05) is 102 Å². The Hall–Kier alpha value is -2.24. The molecule has 246 valence electrons. The van der Waals surface area contributed by atoms with Crippen molar-refractivity contribution in [3.05, 3.63) is 95.1 Å². The van der Waals surface area contributed by atoms with Crippen LogP contribution >= 0.6 is 34.8 Å². The Balaban J connectivity index is 1.22. The van der Waals surface area contributed by atoms with Gasteiger partial charge in [-0.3, -0.25) is 4.79 Å². The molecule has 3 fully saturated rings. The largest absolute Gasteiger partial charge is 0.392 e. The second-order valence-electron chi connectivity index (χ2n) is 12.2. The number of alkyl halides is 3. The number of aliphatic hydroxyl groups excluding tert-OH is 1. The third-order valence-corrected chi connectivity index (χ3v) is 9.64. The van der Waals surface area contributed by atoms with Crippen molar-refractivity contribution in [2.45, 2.75) is 61.0 Å². The maximum absolute atomic E-state index is 12.0. The summed E-state index contributed by atoms with van der Waals surface area (Å²) in [5, 5.41) is 12.3. The van der Waals surface area contributed by atoms with Gasteiger partial charge in [0.25, 0.3) is 9.70 Å². The van der Waals surface area contributed by atoms with Crippen molar-refractivity contribution >= 4 is 40.7 Å². The highest BCUT2D eigenvalue weighted by molar-refractivity contribution is 6.76. The van der Waals surface area contributed by atoms with E-state index in [2.05, 4.69) is 23.2 Å². The molecule has 3 saturated heterocycles. The van der Waals surface area contributed by atoms with E-state index in [1.807, 2.05) is 66.7 Å². The quantitative estimate of drug-likeness (QED) is 0.263. The molecular formula is C35H39Cl3N2O6. The number of nitrogens with one attached hydrogen (secondary N) is 1. The summed E-state index contributed by atoms with van der Waals surface area (Å²) in [5.41, 5.74) is 5.64. The van der Waals surface area contributed by atoms with Crippen LogP contribution in [0.5, 0.6) is 0 Å². The highest BCUT2D eigenvalue weighted by Crippen LogP contribution is 2.43. The zero-order valence-electron chi connectivity index (χ0n) is 25.7. The lowest BCUT2D eigenvalue weighted by Crippen LogP contribution is -2.50. The molecule has 6 rings (SSSR count). The van der Waals surface area contributed by atoms with Crippen molar-refractivity contribution in [1.82, 2.24) is 10.2 Å². The monoisotopic (exact) mass is 688 g/mol. The van der Waals surface area contributed by atoms with Crippen LogP contribution in [0.1, 0.15) is 54.4 Å². The molecule has 8 nitrogen and oxygen atoms in total. The van der Waals surface area contributed by atoms with Gasteiger partial charge in [-0.2, -0.15) is 0 Å². The lowest BCUT2D eigenvalue weighted by molar-refractivity contribution is -0.278. The van der Waals surface area contributed by atoms with Crippen LogP contribution in [0.25, 0.3) is 11.1 Å². The highest BCUT2D eigenvalue weighted by atomic mass is 35.6. The predicted octanol–water partition coefficient (Wildman–Crippen LogP) is 6.46. The Morgan fingerprint density at radius 1 is 0.913 bits per heavy atom. The van der Waals surface area contributed by atoms with Crippen LogP contribution in [0.3, 0.4) is 0 Å². The Morgan fingerprint density at radius 3 is 2.26 bits per heavy atom. The van der Waals surface area contributed by atoms with Crippen molar-refractivity contribution in [1.29, 1.82) is 0 Å². The van der Waals surface area contributed by atoms with E-state index in [1.165, 1.54) is 0 Å². The number of aliphatic hydroxyl groups is 1. The molecule has 11 heteroatoms. The minimum atomic E-state index is -2.02. The number of carbonyl (C=O) groups excluding carboxylic acids is 1. The van der Waals surface area contributed by atoms with E-state index in [-0.39, 0.29) is 31.3 Å². The predicted molar refractivity (Wildman–Crippen MR) is 177 cm³/mol. The lowest BCUT2D eigenvalue weighted by Gasteiger charge is -2.44. The van der Waals surface area contributed by atoms with Crippen molar-refractivity contribution in [2.24, 2.45) is 5.92 Å². The molecule has 0 aromatic heterocycles. The SMILES string of the molecule is CC1C(CN2CCC3(CC2)OCCO3)OC(c2cccc(-c3cccc(CNC(=O)C(Cl)(Cl)Cl)c3)c2)OC1c1ccc(CO)cc1. The molecule has 3 aliphatic heterocycles. The van der Waals surface area contributed by atoms with Gasteiger partial charge in [0.2, 0.25) is 0 Å². The van der Waals surface area contributed by atoms with Crippen LogP contribution < -0.4 is 5.32 Å². The third kappa shape index (κ3) is 7.89. The molecule has 46 heavy (non-hydrogen) atoms. The second kappa shape index (κ2) is 14.5. The van der Waals surface area contributed by atoms with Crippen LogP contribution in [0, 0.1) is 5.92 Å². The fourth-order valence-corrected chi connectivity index (χ4v) is 6.65. The maximum Gasteiger partial charge on any atom is 0.272 e. The fourth-order valence-electron chi connectivity index (χ4n) is 6.45. The van der Waals surface area contributed by atoms with Gasteiger partial charge in [-0.25, -0.2) is 0 Å². The number of carbonyl (C=O) groups is 1. The van der Waals surface area contributed by atoms with E-state index < -0.39 is 21.8 Å². The summed E-state index contributed by atoms with van der Waals surface area (Å²) in [6.45, 7) is 6.25. The average molecular weight is 690 g/mol. The zero-order chi connectivity index (χ0) is 32.3. The second-order valence-corrected chi connectivity index (χ2v) is 14.5. The summed E-state index contributed by atoms with van der Waals surface area (Å²) < 4.78 is 23.4. The maximum atomic E-state index is 12.0. The number of hydrogen-bond donors (Lipinski definition) is 2. The molecule has 3 heterocycles. The van der Waals surface area contributed by atoms with Gasteiger partial charge in [-0.15, -0.1) is 0 Å². The fraction of sp³-hybridized carbons (Fsp3) is 0.457. The molecule has 0 bridgehead atoms. The summed E-state index contributed by atoms with van der Waals surface area (Å²) in [6.07, 6.45) is 0.801. The van der Waals surface area contributed by atoms with E-state index in [0.717, 1.165) is 65.9 Å². The summed E-state index contributed by atoms with van der Waals surface area (Å²) in [5.74, 6) is -1.02. The molecular weight excluding hydrogens is 651 g/mol. The minimum Gasteiger partial charge on any atom is -0.392 e. The number of piperidine rings is 1. The molecule has 3 aromatic rings. The van der Waals surface area contributed by atoms with E-state index in [9.17, 15) is 9.90 Å². The number of ether oxygens (including phenoxy) is 4. The summed E-state index contributed by atoms with van der Waals surface area (Å²) in [6, 6.07) is 24.0. The number of nitrogens with zero attached hydrogens (tertiary/aromatic N) is 1. The first-order valence-electron chi connectivity index (χ1n) is 15.7. The summed E-state index contributed by atoms with van der Waals surface area (Å²) in [7, 11) is 0. The Bertz CT molecular complexity index is 1480. The molecule has 4 atom stereocenters. The van der Waals surface area contributed by atoms with E-state index in [1.54, 1.807) is 0 Å². The molecule has 0 aliphatic carbocycles. The normalized spacial score (nSPS) is 25.1. The average Bonchev–Trinajstić information content (AvgIpc) is 3.53. The zero-order valence-corrected chi connectivity index (χ0v) is 27.9. The van der Waals surface area contributed by atoms with Gasteiger partial charge in [0, 0.05) is 50.5 Å². The molecule has 3 aliphatic rings. The topological polar surface area (TPSA) is 89.5 Å². The first-order valence-corrected chi connectivity index (χ1v) is 16.8. The van der Waals surface area contributed by atoms with E-state index in [4.69, 9.17) is 53.8 Å². The first-order chi connectivity index (χ1) is 22.1.